The average Bonchev–Trinajstić information content (AvgIpc) is 4.01. The van der Waals surface area contributed by atoms with Crippen LogP contribution < -0.4 is 15.4 Å². The number of nitrogens with one attached hydrogen (secondary N) is 3. The summed E-state index contributed by atoms with van der Waals surface area (Å²) in [4.78, 5) is 75.5. The Morgan fingerprint density at radius 2 is 1.66 bits per heavy atom. The summed E-state index contributed by atoms with van der Waals surface area (Å²) < 4.78 is 43.3. The van der Waals surface area contributed by atoms with Crippen LogP contribution in [0.1, 0.15) is 103 Å². The first kappa shape index (κ1) is 41.9. The number of carbonyl (C=O) groups is 5. The number of piperidine rings is 1. The number of hydrogen-bond acceptors (Lipinski definition) is 10. The molecule has 2 aliphatic carbocycles. The molecule has 58 heavy (non-hydrogen) atoms. The summed E-state index contributed by atoms with van der Waals surface area (Å²) in [7, 11) is -2.28. The molecule has 1 aromatic carbocycles. The zero-order valence-electron chi connectivity index (χ0n) is 34.1. The molecule has 4 aliphatic heterocycles. The third-order valence-corrected chi connectivity index (χ3v) is 13.7. The Morgan fingerprint density at radius 1 is 0.966 bits per heavy atom. The molecule has 0 spiro atoms. The Labute approximate surface area is 341 Å². The summed E-state index contributed by atoms with van der Waals surface area (Å²) in [5.41, 5.74) is -0.362. The number of allylic oxidation sites excluding steroid dienone is 1. The third kappa shape index (κ3) is 9.63. The van der Waals surface area contributed by atoms with Crippen molar-refractivity contribution in [1.82, 2.24) is 34.4 Å². The number of carbonyl (C=O) groups excluding carboxylic acids is 5. The second-order valence-corrected chi connectivity index (χ2v) is 19.5. The van der Waals surface area contributed by atoms with E-state index in [9.17, 15) is 32.4 Å². The van der Waals surface area contributed by atoms with Crippen LogP contribution >= 0.6 is 0 Å². The fourth-order valence-corrected chi connectivity index (χ4v) is 10.4. The minimum Gasteiger partial charge on any atom is -0.444 e. The van der Waals surface area contributed by atoms with Crippen LogP contribution in [0.4, 0.5) is 9.59 Å². The molecule has 4 heterocycles. The van der Waals surface area contributed by atoms with Crippen molar-refractivity contribution in [2.45, 2.75) is 146 Å². The minimum atomic E-state index is -4.27. The molecule has 0 bridgehead atoms. The van der Waals surface area contributed by atoms with Crippen LogP contribution in [0.2, 0.25) is 0 Å². The van der Waals surface area contributed by atoms with Gasteiger partial charge in [0.15, 0.2) is 0 Å². The van der Waals surface area contributed by atoms with Crippen molar-refractivity contribution in [3.05, 3.63) is 47.5 Å². The second kappa shape index (κ2) is 16.8. The standard InChI is InChI=1S/C41H59N7O9S/c1-40(2,3)57-38(52)42-33-15-9-7-5-6-8-14-29-23-41(29,37(51)48(31-16-17-31)58(54,55)44-30-18-20-45(4)21-19-30)43-35(49)34-22-32(26-47(34)36(33)50)56-39(53)46-24-27-12-10-11-13-28(27)25-46/h8,10-14,29-34,44H,5-7,9,15-26H2,1-4H3,(H,42,52)(H,43,49)/b14-8-/t29-,32-,33+,34+,41-/m1/s1. The molecule has 5 amide bonds. The van der Waals surface area contributed by atoms with E-state index in [-0.39, 0.29) is 31.8 Å². The second-order valence-electron chi connectivity index (χ2n) is 17.9. The highest BCUT2D eigenvalue weighted by Crippen LogP contribution is 2.48. The number of benzene rings is 1. The maximum Gasteiger partial charge on any atom is 0.410 e. The summed E-state index contributed by atoms with van der Waals surface area (Å²) in [5.74, 6) is -2.36. The summed E-state index contributed by atoms with van der Waals surface area (Å²) in [6, 6.07) is 4.65. The third-order valence-electron chi connectivity index (χ3n) is 12.1. The fraction of sp³-hybridized carbons (Fsp3) is 0.683. The van der Waals surface area contributed by atoms with E-state index in [1.807, 2.05) is 43.5 Å². The van der Waals surface area contributed by atoms with Gasteiger partial charge in [-0.05, 0) is 103 Å². The Kier molecular flexibility index (Phi) is 12.1. The number of ether oxygens (including phenoxy) is 2. The first-order valence-corrected chi connectivity index (χ1v) is 22.3. The highest BCUT2D eigenvalue weighted by atomic mass is 32.2. The van der Waals surface area contributed by atoms with Crippen molar-refractivity contribution >= 4 is 40.1 Å². The lowest BCUT2D eigenvalue weighted by Gasteiger charge is -2.34. The first-order chi connectivity index (χ1) is 27.5. The van der Waals surface area contributed by atoms with Crippen molar-refractivity contribution < 1.29 is 41.9 Å². The molecule has 1 aromatic rings. The van der Waals surface area contributed by atoms with E-state index in [0.717, 1.165) is 41.4 Å². The smallest absolute Gasteiger partial charge is 0.410 e. The van der Waals surface area contributed by atoms with E-state index in [4.69, 9.17) is 9.47 Å². The van der Waals surface area contributed by atoms with Crippen molar-refractivity contribution in [3.63, 3.8) is 0 Å². The number of nitrogens with zero attached hydrogens (tertiary/aromatic N) is 4. The van der Waals surface area contributed by atoms with Gasteiger partial charge in [0.2, 0.25) is 11.8 Å². The Bertz CT molecular complexity index is 1870. The Morgan fingerprint density at radius 3 is 2.31 bits per heavy atom. The molecule has 16 nitrogen and oxygen atoms in total. The SMILES string of the molecule is CN1CCC(NS(=O)(=O)N(C(=O)[C@@]23C[C@H]2/C=C\CCCCC[C@H](NC(=O)OC(C)(C)C)C(=O)N2C[C@H](OC(=O)N4Cc5ccccc5C4)C[C@H]2C(=O)N3)C2CC2)CC1. The molecule has 0 radical (unpaired) electrons. The van der Waals surface area contributed by atoms with Gasteiger partial charge in [-0.3, -0.25) is 19.3 Å². The Hall–Kier alpha value is -4.22. The van der Waals surface area contributed by atoms with Gasteiger partial charge >= 0.3 is 22.4 Å². The van der Waals surface area contributed by atoms with Crippen molar-refractivity contribution in [2.24, 2.45) is 5.92 Å². The predicted octanol–water partition coefficient (Wildman–Crippen LogP) is 3.32. The summed E-state index contributed by atoms with van der Waals surface area (Å²) in [6.45, 7) is 7.22. The minimum absolute atomic E-state index is 0.0592. The van der Waals surface area contributed by atoms with Crippen LogP contribution in [0.15, 0.2) is 36.4 Å². The lowest BCUT2D eigenvalue weighted by molar-refractivity contribution is -0.142. The lowest BCUT2D eigenvalue weighted by Crippen LogP contribution is -2.60. The van der Waals surface area contributed by atoms with Crippen LogP contribution in [-0.2, 0) is 47.2 Å². The summed E-state index contributed by atoms with van der Waals surface area (Å²) in [5, 5.41) is 5.70. The molecule has 318 valence electrons. The van der Waals surface area contributed by atoms with E-state index in [2.05, 4.69) is 20.3 Å². The molecule has 0 unspecified atom stereocenters. The van der Waals surface area contributed by atoms with E-state index in [0.29, 0.717) is 51.6 Å². The molecule has 6 aliphatic rings. The molecular formula is C41H59N7O9S. The van der Waals surface area contributed by atoms with Crippen LogP contribution in [-0.4, -0.2) is 125 Å². The van der Waals surface area contributed by atoms with E-state index in [1.54, 1.807) is 25.7 Å². The number of amides is 5. The molecule has 7 rings (SSSR count). The van der Waals surface area contributed by atoms with Gasteiger partial charge in [0.1, 0.15) is 29.3 Å². The van der Waals surface area contributed by atoms with Gasteiger partial charge in [-0.2, -0.15) is 13.1 Å². The topological polar surface area (TPSA) is 187 Å². The van der Waals surface area contributed by atoms with E-state index in [1.165, 1.54) is 4.90 Å². The van der Waals surface area contributed by atoms with Crippen LogP contribution in [0.25, 0.3) is 0 Å². The fourth-order valence-electron chi connectivity index (χ4n) is 8.65. The van der Waals surface area contributed by atoms with Gasteiger partial charge in [-0.25, -0.2) is 13.9 Å². The average molecular weight is 826 g/mol. The van der Waals surface area contributed by atoms with Gasteiger partial charge in [-0.15, -0.1) is 0 Å². The predicted molar refractivity (Wildman–Crippen MR) is 213 cm³/mol. The first-order valence-electron chi connectivity index (χ1n) is 20.9. The van der Waals surface area contributed by atoms with E-state index >= 15 is 0 Å². The summed E-state index contributed by atoms with van der Waals surface area (Å²) >= 11 is 0. The van der Waals surface area contributed by atoms with Crippen molar-refractivity contribution in [2.75, 3.05) is 26.7 Å². The van der Waals surface area contributed by atoms with Crippen LogP contribution in [0.5, 0.6) is 0 Å². The maximum atomic E-state index is 14.8. The number of hydrogen-bond donors (Lipinski definition) is 3. The number of likely N-dealkylation sites (tertiary alicyclic amines) is 1. The van der Waals surface area contributed by atoms with Crippen molar-refractivity contribution in [3.8, 4) is 0 Å². The lowest BCUT2D eigenvalue weighted by atomic mass is 10.0. The number of rotatable bonds is 7. The van der Waals surface area contributed by atoms with Gasteiger partial charge in [0, 0.05) is 37.5 Å². The zero-order valence-corrected chi connectivity index (χ0v) is 34.9. The normalized spacial score (nSPS) is 29.2. The number of alkyl carbamates (subject to hydrolysis) is 1. The monoisotopic (exact) mass is 825 g/mol. The Balaban J connectivity index is 1.15. The van der Waals surface area contributed by atoms with Gasteiger partial charge in [-0.1, -0.05) is 49.3 Å². The molecular weight excluding hydrogens is 767 g/mol. The van der Waals surface area contributed by atoms with Gasteiger partial charge in [0.25, 0.3) is 5.91 Å². The largest absolute Gasteiger partial charge is 0.444 e. The van der Waals surface area contributed by atoms with Crippen LogP contribution in [0.3, 0.4) is 0 Å². The highest BCUT2D eigenvalue weighted by Gasteiger charge is 2.65. The number of fused-ring (bicyclic) bond motifs is 3. The molecule has 2 saturated carbocycles. The molecule has 0 aromatic heterocycles. The summed E-state index contributed by atoms with van der Waals surface area (Å²) in [6.07, 6.45) is 7.12. The van der Waals surface area contributed by atoms with Crippen LogP contribution in [0, 0.1) is 5.92 Å². The highest BCUT2D eigenvalue weighted by molar-refractivity contribution is 7.87. The van der Waals surface area contributed by atoms with E-state index < -0.39 is 81.4 Å². The molecule has 3 N–H and O–H groups in total. The maximum absolute atomic E-state index is 14.8. The molecule has 4 fully saturated rings. The zero-order chi connectivity index (χ0) is 41.4. The molecule has 5 atom stereocenters. The molecule has 17 heteroatoms. The molecule has 2 saturated heterocycles. The van der Waals surface area contributed by atoms with Gasteiger partial charge < -0.3 is 29.9 Å². The van der Waals surface area contributed by atoms with Gasteiger partial charge in [0.05, 0.1) is 6.54 Å². The quantitative estimate of drug-likeness (QED) is 0.345. The van der Waals surface area contributed by atoms with Crippen molar-refractivity contribution in [1.29, 1.82) is 0 Å².